The molecule has 0 atom stereocenters. The first kappa shape index (κ1) is 22.8. The summed E-state index contributed by atoms with van der Waals surface area (Å²) in [4.78, 5) is -0.636. The summed E-state index contributed by atoms with van der Waals surface area (Å²) < 4.78 is 0. The zero-order valence-electron chi connectivity index (χ0n) is 31.3. The summed E-state index contributed by atoms with van der Waals surface area (Å²) in [6.45, 7) is 0. The standard InChI is InChI=1S/C61HCl2/c62-60(63)61-57-53-47-33-25-17-5-2-1-3-6(5)18-20-16-10(3)12-8-4(1)7-11-9(2)15-19(17)31(33)39-37-23(15)21(11)29-27-13(7)14(8)28-30-22(12)24(16)38-40-32(20)34(26(18)25)48(47)54(57)50(40)52-44(38)42(30)46-36(28)35(27)45-41(29)43(37)51(49(39)53)58(61)55(45)56(46)59(52)61/h60H/q+1. The summed E-state index contributed by atoms with van der Waals surface area (Å²) in [5.74, 6) is 0. The van der Waals surface area contributed by atoms with Crippen LogP contribution in [0.25, 0.3) is 302 Å². The molecule has 0 amide bonds. The van der Waals surface area contributed by atoms with Gasteiger partial charge in [-0.1, -0.05) is 0 Å². The normalized spacial score (nSPS) is 20.4. The van der Waals surface area contributed by atoms with Gasteiger partial charge in [-0.05, 0) is 5.39 Å². The van der Waals surface area contributed by atoms with Crippen molar-refractivity contribution in [2.75, 3.05) is 0 Å². The summed E-state index contributed by atoms with van der Waals surface area (Å²) in [5, 5.41) is 89.6. The van der Waals surface area contributed by atoms with E-state index in [-0.39, 0.29) is 0 Å². The second-order valence-corrected chi connectivity index (χ2v) is 24.3. The lowest BCUT2D eigenvalue weighted by atomic mass is 9.65. The second-order valence-electron chi connectivity index (χ2n) is 23.2. The molecule has 29 aromatic carbocycles. The van der Waals surface area contributed by atoms with Crippen molar-refractivity contribution in [3.63, 3.8) is 0 Å². The molecule has 0 bridgehead atoms. The van der Waals surface area contributed by atoms with Crippen molar-refractivity contribution in [1.82, 2.24) is 0 Å². The highest BCUT2D eigenvalue weighted by molar-refractivity contribution is 6.83. The highest BCUT2D eigenvalue weighted by Crippen LogP contribution is 2.82. The minimum absolute atomic E-state index is 0.636. The van der Waals surface area contributed by atoms with E-state index < -0.39 is 10.3 Å². The van der Waals surface area contributed by atoms with Gasteiger partial charge < -0.3 is 0 Å². The fraction of sp³-hybridized carbons (Fsp3) is 0.0328. The molecule has 3 aliphatic carbocycles. The molecule has 0 aromatic heterocycles. The number of benzene rings is 18. The van der Waals surface area contributed by atoms with E-state index in [2.05, 4.69) is 0 Å². The van der Waals surface area contributed by atoms with Crippen LogP contribution in [0.3, 0.4) is 0 Å². The molecule has 2 heteroatoms. The SMILES string of the molecule is ClC(Cl)C12c3c4c5c6c1c1c7c8c6c6c5c5c9c4c4c3c3c%10c%11c4c4c9c9c5c5c6c6c8c8c7c7c%12c%13c8c8c6c5c5c9c6c4c%11c4c9c6c5c8c%13c9c5c4c%10c4c(c5%12)c7c1[c+]2c34. The van der Waals surface area contributed by atoms with E-state index >= 15 is 0 Å². The van der Waals surface area contributed by atoms with Gasteiger partial charge >= 0.3 is 0 Å². The quantitative estimate of drug-likeness (QED) is 0.0881. The largest absolute Gasteiger partial charge is 0.133 e. The predicted molar refractivity (Wildman–Crippen MR) is 272 cm³/mol. The molecule has 63 heavy (non-hydrogen) atoms. The van der Waals surface area contributed by atoms with Crippen LogP contribution in [0.15, 0.2) is 0 Å². The maximum atomic E-state index is 8.17. The van der Waals surface area contributed by atoms with Crippen LogP contribution in [0.5, 0.6) is 0 Å². The first-order chi connectivity index (χ1) is 31.3. The van der Waals surface area contributed by atoms with E-state index in [4.69, 9.17) is 23.2 Å². The van der Waals surface area contributed by atoms with E-state index in [1.54, 1.807) is 269 Å². The minimum atomic E-state index is -0.644. The summed E-state index contributed by atoms with van der Waals surface area (Å²) >= 11 is 16.3. The van der Waals surface area contributed by atoms with Gasteiger partial charge in [0.2, 0.25) is 0 Å². The van der Waals surface area contributed by atoms with Crippen LogP contribution in [0.4, 0.5) is 0 Å². The zero-order valence-corrected chi connectivity index (χ0v) is 32.8. The molecular weight excluding hydrogens is 804 g/mol. The van der Waals surface area contributed by atoms with Gasteiger partial charge in [-0.3, -0.25) is 0 Å². The van der Waals surface area contributed by atoms with Crippen LogP contribution in [0.2, 0.25) is 0 Å². The number of hydrogen-bond acceptors (Lipinski definition) is 0. The minimum Gasteiger partial charge on any atom is -0.103 e. The van der Waals surface area contributed by atoms with Gasteiger partial charge in [0.1, 0.15) is 10.3 Å². The topological polar surface area (TPSA) is 0 Å². The smallest absolute Gasteiger partial charge is 0.103 e. The van der Waals surface area contributed by atoms with Crippen LogP contribution in [0, 0.1) is 0 Å². The molecule has 0 radical (unpaired) electrons. The Bertz CT molecular complexity index is 6480. The summed E-state index contributed by atoms with van der Waals surface area (Å²) in [7, 11) is 0. The van der Waals surface area contributed by atoms with Crippen LogP contribution in [-0.4, -0.2) is 4.84 Å². The maximum absolute atomic E-state index is 8.17. The predicted octanol–water partition coefficient (Wildman–Crippen LogP) is 18.2. The molecule has 0 N–H and O–H groups in total. The van der Waals surface area contributed by atoms with Crippen LogP contribution < -0.4 is 0 Å². The van der Waals surface area contributed by atoms with Crippen molar-refractivity contribution < 1.29 is 0 Å². The Morgan fingerprint density at radius 3 is 0.603 bits per heavy atom. The fourth-order valence-corrected chi connectivity index (χ4v) is 23.9. The third-order valence-corrected chi connectivity index (χ3v) is 23.9. The van der Waals surface area contributed by atoms with Gasteiger partial charge in [0, 0.05) is 270 Å². The van der Waals surface area contributed by atoms with Crippen molar-refractivity contribution in [3.8, 4) is 0 Å². The van der Waals surface area contributed by atoms with Gasteiger partial charge in [0.15, 0.2) is 0 Å². The van der Waals surface area contributed by atoms with Gasteiger partial charge in [-0.2, -0.15) is 0 Å². The molecule has 0 heterocycles. The van der Waals surface area contributed by atoms with E-state index in [0.29, 0.717) is 0 Å². The van der Waals surface area contributed by atoms with E-state index in [1.165, 1.54) is 49.0 Å². The first-order valence-electron chi connectivity index (χ1n) is 23.2. The van der Waals surface area contributed by atoms with Crippen LogP contribution in [-0.2, 0) is 5.41 Å². The average molecular weight is 805 g/mol. The van der Waals surface area contributed by atoms with Gasteiger partial charge in [0.05, 0.1) is 43.3 Å². The van der Waals surface area contributed by atoms with Gasteiger partial charge in [-0.25, -0.2) is 0 Å². The summed E-state index contributed by atoms with van der Waals surface area (Å²) in [6.07, 6.45) is 0. The van der Waals surface area contributed by atoms with Crippen molar-refractivity contribution in [3.05, 3.63) is 16.7 Å². The van der Waals surface area contributed by atoms with Crippen molar-refractivity contribution >= 4 is 325 Å². The lowest BCUT2D eigenvalue weighted by molar-refractivity contribution is 0.714. The van der Waals surface area contributed by atoms with Crippen LogP contribution in [0.1, 0.15) is 16.7 Å². The van der Waals surface area contributed by atoms with Gasteiger partial charge in [-0.15, -0.1) is 23.2 Å². The first-order valence-corrected chi connectivity index (χ1v) is 24.1. The van der Waals surface area contributed by atoms with Crippen molar-refractivity contribution in [2.45, 2.75) is 10.3 Å². The third kappa shape index (κ3) is 1.15. The monoisotopic (exact) mass is 803 g/mol. The molecule has 0 unspecified atom stereocenters. The Labute approximate surface area is 349 Å². The lowest BCUT2D eigenvalue weighted by Gasteiger charge is -2.36. The Hall–Kier alpha value is -7.09. The average Bonchev–Trinajstić information content (AvgIpc) is 4.12. The lowest BCUT2D eigenvalue weighted by Crippen LogP contribution is -2.36. The highest BCUT2D eigenvalue weighted by Gasteiger charge is 2.64. The molecule has 29 aromatic rings. The Morgan fingerprint density at radius 1 is 0.190 bits per heavy atom. The Balaban J connectivity index is 1.32. The molecule has 0 saturated heterocycles. The molecule has 258 valence electrons. The molecule has 0 nitrogen and oxygen atoms in total. The number of hydrogen-bond donors (Lipinski definition) is 0. The maximum Gasteiger partial charge on any atom is 0.133 e. The molecule has 0 spiro atoms. The summed E-state index contributed by atoms with van der Waals surface area (Å²) in [5.41, 5.74) is 3.86. The van der Waals surface area contributed by atoms with E-state index in [1.807, 2.05) is 0 Å². The van der Waals surface area contributed by atoms with E-state index in [0.717, 1.165) is 0 Å². The zero-order chi connectivity index (χ0) is 37.1. The van der Waals surface area contributed by atoms with Crippen LogP contribution >= 0.6 is 23.2 Å². The second kappa shape index (κ2) is 4.99. The number of rotatable bonds is 1. The molecule has 0 aliphatic heterocycles. The Morgan fingerprint density at radius 2 is 0.333 bits per heavy atom. The van der Waals surface area contributed by atoms with Crippen molar-refractivity contribution in [2.24, 2.45) is 0 Å². The molecule has 0 saturated carbocycles. The highest BCUT2D eigenvalue weighted by atomic mass is 35.5. The molecule has 0 fully saturated rings. The molecule has 3 aliphatic rings. The number of alkyl halides is 2. The number of halogens is 2. The molecule has 32 rings (SSSR count). The van der Waals surface area contributed by atoms with Crippen molar-refractivity contribution in [1.29, 1.82) is 0 Å². The molecular formula is C61HCl2+. The fourth-order valence-electron chi connectivity index (χ4n) is 23.3. The van der Waals surface area contributed by atoms with E-state index in [9.17, 15) is 0 Å². The Kier molecular flexibility index (Phi) is 1.81. The summed E-state index contributed by atoms with van der Waals surface area (Å²) in [6, 6.07) is 0. The van der Waals surface area contributed by atoms with Gasteiger partial charge in [0.25, 0.3) is 0 Å². The third-order valence-electron chi connectivity index (χ3n) is 23.3.